The third-order valence-electron chi connectivity index (χ3n) is 3.94. The second-order valence-corrected chi connectivity index (χ2v) is 6.51. The monoisotopic (exact) mass is 517 g/mol. The van der Waals surface area contributed by atoms with Gasteiger partial charge < -0.3 is 20.1 Å². The van der Waals surface area contributed by atoms with Crippen molar-refractivity contribution in [1.82, 2.24) is 10.6 Å². The number of methoxy groups -OCH3 is 1. The Bertz CT molecular complexity index is 728. The van der Waals surface area contributed by atoms with E-state index in [1.165, 1.54) is 5.56 Å². The summed E-state index contributed by atoms with van der Waals surface area (Å²) in [6.07, 6.45) is 1.76. The Morgan fingerprint density at radius 1 is 1.04 bits per heavy atom. The largest absolute Gasteiger partial charge is 0.493 e. The van der Waals surface area contributed by atoms with Gasteiger partial charge in [0, 0.05) is 45.3 Å². The van der Waals surface area contributed by atoms with E-state index in [1.807, 2.05) is 36.4 Å². The number of halogens is 2. The molecule has 28 heavy (non-hydrogen) atoms. The second-order valence-electron chi connectivity index (χ2n) is 6.07. The Hall–Kier alpha value is -1.51. The first-order valence-corrected chi connectivity index (χ1v) is 9.48. The topological polar surface area (TPSA) is 54.9 Å². The second kappa shape index (κ2) is 14.5. The van der Waals surface area contributed by atoms with Gasteiger partial charge in [-0.2, -0.15) is 0 Å². The van der Waals surface area contributed by atoms with Gasteiger partial charge in [0.25, 0.3) is 0 Å². The number of rotatable bonds is 10. The van der Waals surface area contributed by atoms with E-state index in [4.69, 9.17) is 21.1 Å². The lowest BCUT2D eigenvalue weighted by Gasteiger charge is -2.13. The van der Waals surface area contributed by atoms with Crippen LogP contribution in [0.25, 0.3) is 0 Å². The van der Waals surface area contributed by atoms with Crippen molar-refractivity contribution in [2.45, 2.75) is 19.4 Å². The van der Waals surface area contributed by atoms with Gasteiger partial charge in [-0.05, 0) is 41.8 Å². The van der Waals surface area contributed by atoms with Gasteiger partial charge in [-0.3, -0.25) is 4.99 Å². The Balaban J connectivity index is 0.00000392. The maximum absolute atomic E-state index is 6.02. The third kappa shape index (κ3) is 9.61. The van der Waals surface area contributed by atoms with E-state index in [0.29, 0.717) is 19.8 Å². The number of hydrogen-bond donors (Lipinski definition) is 2. The molecule has 0 aromatic heterocycles. The van der Waals surface area contributed by atoms with E-state index >= 15 is 0 Å². The fourth-order valence-corrected chi connectivity index (χ4v) is 2.78. The molecule has 0 amide bonds. The van der Waals surface area contributed by atoms with Gasteiger partial charge in [-0.25, -0.2) is 0 Å². The highest BCUT2D eigenvalue weighted by atomic mass is 127. The van der Waals surface area contributed by atoms with Gasteiger partial charge >= 0.3 is 0 Å². The van der Waals surface area contributed by atoms with E-state index < -0.39 is 0 Å². The summed E-state index contributed by atoms with van der Waals surface area (Å²) in [5.74, 6) is 1.64. The normalized spacial score (nSPS) is 10.9. The van der Waals surface area contributed by atoms with Crippen molar-refractivity contribution >= 4 is 41.5 Å². The Morgan fingerprint density at radius 3 is 2.57 bits per heavy atom. The van der Waals surface area contributed by atoms with Crippen molar-refractivity contribution in [2.24, 2.45) is 4.99 Å². The number of hydrogen-bond acceptors (Lipinski definition) is 3. The van der Waals surface area contributed by atoms with Crippen LogP contribution in [0.1, 0.15) is 17.5 Å². The zero-order chi connectivity index (χ0) is 19.3. The first kappa shape index (κ1) is 24.5. The van der Waals surface area contributed by atoms with E-state index in [-0.39, 0.29) is 24.0 Å². The predicted molar refractivity (Wildman–Crippen MR) is 127 cm³/mol. The van der Waals surface area contributed by atoms with E-state index in [2.05, 4.69) is 27.8 Å². The molecule has 0 aliphatic heterocycles. The molecule has 0 heterocycles. The Morgan fingerprint density at radius 2 is 1.82 bits per heavy atom. The molecule has 2 aromatic rings. The number of nitrogens with one attached hydrogen (secondary N) is 2. The highest BCUT2D eigenvalue weighted by molar-refractivity contribution is 14.0. The molecule has 0 radical (unpaired) electrons. The summed E-state index contributed by atoms with van der Waals surface area (Å²) in [5.41, 5.74) is 2.33. The molecule has 0 saturated carbocycles. The van der Waals surface area contributed by atoms with Gasteiger partial charge in [0.2, 0.25) is 0 Å². The standard InChI is InChI=1S/C21H28ClN3O2.HI/c1-23-21(24-11-10-17-6-3-8-19(22)14-17)25-16-18-7-4-9-20(15-18)27-13-5-12-26-2;/h3-4,6-9,14-15H,5,10-13,16H2,1-2H3,(H2,23,24,25);1H. The molecular weight excluding hydrogens is 489 g/mol. The SMILES string of the molecule is CN=C(NCCc1cccc(Cl)c1)NCc1cccc(OCCCOC)c1.I. The van der Waals surface area contributed by atoms with Crippen molar-refractivity contribution < 1.29 is 9.47 Å². The van der Waals surface area contributed by atoms with E-state index in [0.717, 1.165) is 41.7 Å². The minimum Gasteiger partial charge on any atom is -0.493 e. The van der Waals surface area contributed by atoms with E-state index in [1.54, 1.807) is 14.2 Å². The molecule has 0 aliphatic rings. The van der Waals surface area contributed by atoms with Crippen LogP contribution in [0.3, 0.4) is 0 Å². The first-order valence-electron chi connectivity index (χ1n) is 9.11. The number of guanidine groups is 1. The summed E-state index contributed by atoms with van der Waals surface area (Å²) in [5, 5.41) is 7.41. The number of benzene rings is 2. The first-order chi connectivity index (χ1) is 13.2. The number of ether oxygens (including phenoxy) is 2. The average Bonchev–Trinajstić information content (AvgIpc) is 2.68. The maximum Gasteiger partial charge on any atom is 0.191 e. The molecule has 7 heteroatoms. The Kier molecular flexibility index (Phi) is 12.7. The van der Waals surface area contributed by atoms with Crippen molar-refractivity contribution in [2.75, 3.05) is 33.9 Å². The van der Waals surface area contributed by atoms with Crippen LogP contribution in [0.2, 0.25) is 5.02 Å². The van der Waals surface area contributed by atoms with Gasteiger partial charge in [-0.15, -0.1) is 24.0 Å². The molecule has 0 atom stereocenters. The van der Waals surface area contributed by atoms with Crippen LogP contribution in [0.4, 0.5) is 0 Å². The zero-order valence-corrected chi connectivity index (χ0v) is 19.5. The quantitative estimate of drug-likeness (QED) is 0.214. The molecule has 154 valence electrons. The molecule has 0 aliphatic carbocycles. The molecule has 0 unspecified atom stereocenters. The summed E-state index contributed by atoms with van der Waals surface area (Å²) >= 11 is 6.02. The van der Waals surface area contributed by atoms with Gasteiger partial charge in [-0.1, -0.05) is 35.9 Å². The van der Waals surface area contributed by atoms with Crippen LogP contribution in [0, 0.1) is 0 Å². The van der Waals surface area contributed by atoms with Crippen molar-refractivity contribution in [3.05, 3.63) is 64.7 Å². The zero-order valence-electron chi connectivity index (χ0n) is 16.4. The van der Waals surface area contributed by atoms with Gasteiger partial charge in [0.1, 0.15) is 5.75 Å². The third-order valence-corrected chi connectivity index (χ3v) is 4.17. The molecule has 0 bridgehead atoms. The molecule has 0 saturated heterocycles. The van der Waals surface area contributed by atoms with Gasteiger partial charge in [0.15, 0.2) is 5.96 Å². The predicted octanol–water partition coefficient (Wildman–Crippen LogP) is 4.28. The highest BCUT2D eigenvalue weighted by Gasteiger charge is 2.01. The van der Waals surface area contributed by atoms with Crippen molar-refractivity contribution in [1.29, 1.82) is 0 Å². The molecule has 0 spiro atoms. The summed E-state index contributed by atoms with van der Waals surface area (Å²) in [6.45, 7) is 2.81. The van der Waals surface area contributed by atoms with Crippen molar-refractivity contribution in [3.63, 3.8) is 0 Å². The molecular formula is C21H29ClIN3O2. The Labute approximate surface area is 189 Å². The molecule has 0 fully saturated rings. The summed E-state index contributed by atoms with van der Waals surface area (Å²) in [7, 11) is 3.46. The van der Waals surface area contributed by atoms with Crippen LogP contribution in [0.15, 0.2) is 53.5 Å². The van der Waals surface area contributed by atoms with Crippen LogP contribution in [0.5, 0.6) is 5.75 Å². The molecule has 2 rings (SSSR count). The maximum atomic E-state index is 6.02. The average molecular weight is 518 g/mol. The lowest BCUT2D eigenvalue weighted by Crippen LogP contribution is -2.37. The summed E-state index contributed by atoms with van der Waals surface area (Å²) in [6, 6.07) is 16.0. The van der Waals surface area contributed by atoms with Crippen LogP contribution < -0.4 is 15.4 Å². The lowest BCUT2D eigenvalue weighted by molar-refractivity contribution is 0.172. The fraction of sp³-hybridized carbons (Fsp3) is 0.381. The van der Waals surface area contributed by atoms with Gasteiger partial charge in [0.05, 0.1) is 6.61 Å². The minimum atomic E-state index is 0. The fourth-order valence-electron chi connectivity index (χ4n) is 2.56. The molecule has 2 N–H and O–H groups in total. The smallest absolute Gasteiger partial charge is 0.191 e. The van der Waals surface area contributed by atoms with Crippen molar-refractivity contribution in [3.8, 4) is 5.75 Å². The minimum absolute atomic E-state index is 0. The lowest BCUT2D eigenvalue weighted by atomic mass is 10.1. The number of nitrogens with zero attached hydrogens (tertiary/aromatic N) is 1. The van der Waals surface area contributed by atoms with Crippen LogP contribution in [-0.2, 0) is 17.7 Å². The summed E-state index contributed by atoms with van der Waals surface area (Å²) in [4.78, 5) is 4.27. The van der Waals surface area contributed by atoms with Crippen LogP contribution in [-0.4, -0.2) is 39.9 Å². The van der Waals surface area contributed by atoms with Crippen LogP contribution >= 0.6 is 35.6 Å². The molecule has 5 nitrogen and oxygen atoms in total. The molecule has 2 aromatic carbocycles. The number of aliphatic imine (C=N–C) groups is 1. The highest BCUT2D eigenvalue weighted by Crippen LogP contribution is 2.13. The summed E-state index contributed by atoms with van der Waals surface area (Å²) < 4.78 is 10.8. The van der Waals surface area contributed by atoms with E-state index in [9.17, 15) is 0 Å².